The third-order valence-corrected chi connectivity index (χ3v) is 4.20. The standard InChI is InChI=1S/C16H29N3O3S/c1-15(2,3)17-11-14(20)12-7-9-13(10-8-12)18-23(21,22)19-16(4,5)6/h7-10,14,17-20H,11H2,1-6H3. The van der Waals surface area contributed by atoms with Crippen LogP contribution in [0.1, 0.15) is 53.2 Å². The fourth-order valence-corrected chi connectivity index (χ4v) is 3.18. The Labute approximate surface area is 139 Å². The van der Waals surface area contributed by atoms with E-state index < -0.39 is 21.9 Å². The Morgan fingerprint density at radius 2 is 1.52 bits per heavy atom. The highest BCUT2D eigenvalue weighted by atomic mass is 32.2. The Morgan fingerprint density at radius 1 is 1.00 bits per heavy atom. The van der Waals surface area contributed by atoms with E-state index in [1.807, 2.05) is 20.8 Å². The summed E-state index contributed by atoms with van der Waals surface area (Å²) < 4.78 is 28.9. The Bertz CT molecular complexity index is 599. The summed E-state index contributed by atoms with van der Waals surface area (Å²) in [4.78, 5) is 0. The zero-order valence-corrected chi connectivity index (χ0v) is 15.6. The predicted octanol–water partition coefficient (Wildman–Crippen LogP) is 2.15. The molecule has 0 saturated heterocycles. The van der Waals surface area contributed by atoms with Crippen LogP contribution in [0.15, 0.2) is 24.3 Å². The van der Waals surface area contributed by atoms with Crippen LogP contribution in [0.2, 0.25) is 0 Å². The minimum absolute atomic E-state index is 0.0742. The van der Waals surface area contributed by atoms with E-state index in [2.05, 4.69) is 14.8 Å². The van der Waals surface area contributed by atoms with Gasteiger partial charge in [0.05, 0.1) is 6.10 Å². The number of rotatable bonds is 6. The molecule has 0 saturated carbocycles. The third kappa shape index (κ3) is 8.31. The first kappa shape index (κ1) is 19.9. The van der Waals surface area contributed by atoms with Gasteiger partial charge in [-0.1, -0.05) is 12.1 Å². The zero-order valence-electron chi connectivity index (χ0n) is 14.8. The maximum absolute atomic E-state index is 12.0. The smallest absolute Gasteiger partial charge is 0.299 e. The summed E-state index contributed by atoms with van der Waals surface area (Å²) in [6.07, 6.45) is -0.646. The normalized spacial score (nSPS) is 14.6. The van der Waals surface area contributed by atoms with Crippen LogP contribution in [0.3, 0.4) is 0 Å². The summed E-state index contributed by atoms with van der Waals surface area (Å²) in [5, 5.41) is 13.4. The van der Waals surface area contributed by atoms with Crippen LogP contribution in [0.4, 0.5) is 5.69 Å². The largest absolute Gasteiger partial charge is 0.387 e. The molecule has 6 nitrogen and oxygen atoms in total. The summed E-state index contributed by atoms with van der Waals surface area (Å²) in [6, 6.07) is 6.70. The van der Waals surface area contributed by atoms with Gasteiger partial charge in [-0.05, 0) is 59.2 Å². The van der Waals surface area contributed by atoms with Crippen molar-refractivity contribution in [2.45, 2.75) is 58.7 Å². The molecule has 0 heterocycles. The molecule has 1 unspecified atom stereocenters. The Morgan fingerprint density at radius 3 is 1.96 bits per heavy atom. The lowest BCUT2D eigenvalue weighted by molar-refractivity contribution is 0.163. The minimum atomic E-state index is -3.63. The van der Waals surface area contributed by atoms with Crippen molar-refractivity contribution in [2.75, 3.05) is 11.3 Å². The zero-order chi connectivity index (χ0) is 17.9. The summed E-state index contributed by atoms with van der Waals surface area (Å²) in [7, 11) is -3.63. The van der Waals surface area contributed by atoms with Crippen molar-refractivity contribution < 1.29 is 13.5 Å². The van der Waals surface area contributed by atoms with Gasteiger partial charge in [0.1, 0.15) is 0 Å². The van der Waals surface area contributed by atoms with Crippen LogP contribution in [0, 0.1) is 0 Å². The topological polar surface area (TPSA) is 90.5 Å². The van der Waals surface area contributed by atoms with Crippen LogP contribution in [-0.2, 0) is 10.2 Å². The molecule has 0 fully saturated rings. The van der Waals surface area contributed by atoms with Gasteiger partial charge in [0.15, 0.2) is 0 Å². The molecule has 0 amide bonds. The van der Waals surface area contributed by atoms with Crippen molar-refractivity contribution in [1.82, 2.24) is 10.0 Å². The SMILES string of the molecule is CC(C)(C)NCC(O)c1ccc(NS(=O)(=O)NC(C)(C)C)cc1. The van der Waals surface area contributed by atoms with Gasteiger partial charge in [-0.3, -0.25) is 4.72 Å². The fraction of sp³-hybridized carbons (Fsp3) is 0.625. The van der Waals surface area contributed by atoms with Gasteiger partial charge in [0.2, 0.25) is 0 Å². The maximum atomic E-state index is 12.0. The second-order valence-corrected chi connectivity index (χ2v) is 9.14. The molecule has 1 aromatic carbocycles. The monoisotopic (exact) mass is 343 g/mol. The summed E-state index contributed by atoms with van der Waals surface area (Å²) in [5.41, 5.74) is 0.547. The van der Waals surface area contributed by atoms with Gasteiger partial charge < -0.3 is 10.4 Å². The first-order valence-electron chi connectivity index (χ1n) is 7.62. The highest BCUT2D eigenvalue weighted by molar-refractivity contribution is 7.90. The van der Waals surface area contributed by atoms with Gasteiger partial charge in [-0.2, -0.15) is 13.1 Å². The average molecular weight is 343 g/mol. The van der Waals surface area contributed by atoms with Gasteiger partial charge in [0.25, 0.3) is 10.2 Å². The Hall–Kier alpha value is -1.15. The Balaban J connectivity index is 2.70. The van der Waals surface area contributed by atoms with E-state index in [4.69, 9.17) is 0 Å². The highest BCUT2D eigenvalue weighted by Crippen LogP contribution is 2.17. The summed E-state index contributed by atoms with van der Waals surface area (Å²) in [6.45, 7) is 11.8. The molecule has 0 aliphatic carbocycles. The molecular formula is C16H29N3O3S. The van der Waals surface area contributed by atoms with E-state index in [0.717, 1.165) is 5.56 Å². The molecule has 1 aromatic rings. The molecule has 0 aromatic heterocycles. The number of anilines is 1. The number of hydrogen-bond donors (Lipinski definition) is 4. The first-order chi connectivity index (χ1) is 10.3. The predicted molar refractivity (Wildman–Crippen MR) is 94.6 cm³/mol. The van der Waals surface area contributed by atoms with Crippen molar-refractivity contribution in [3.8, 4) is 0 Å². The summed E-state index contributed by atoms with van der Waals surface area (Å²) in [5.74, 6) is 0. The molecule has 132 valence electrons. The van der Waals surface area contributed by atoms with E-state index in [1.54, 1.807) is 45.0 Å². The maximum Gasteiger partial charge on any atom is 0.299 e. The number of benzene rings is 1. The number of aliphatic hydroxyl groups is 1. The van der Waals surface area contributed by atoms with Crippen LogP contribution in [0.25, 0.3) is 0 Å². The minimum Gasteiger partial charge on any atom is -0.387 e. The number of β-amino-alcohol motifs (C(OH)–C–C–N with tert-alkyl or cyclic N) is 1. The summed E-state index contributed by atoms with van der Waals surface area (Å²) >= 11 is 0. The van der Waals surface area contributed by atoms with E-state index in [9.17, 15) is 13.5 Å². The van der Waals surface area contributed by atoms with Crippen LogP contribution in [-0.4, -0.2) is 31.1 Å². The van der Waals surface area contributed by atoms with Crippen LogP contribution >= 0.6 is 0 Å². The number of aliphatic hydroxyl groups excluding tert-OH is 1. The molecule has 0 spiro atoms. The fourth-order valence-electron chi connectivity index (χ4n) is 1.88. The molecular weight excluding hydrogens is 314 g/mol. The molecule has 23 heavy (non-hydrogen) atoms. The lowest BCUT2D eigenvalue weighted by Gasteiger charge is -2.23. The average Bonchev–Trinajstić information content (AvgIpc) is 2.32. The molecule has 0 aliphatic heterocycles. The lowest BCUT2D eigenvalue weighted by atomic mass is 10.1. The van der Waals surface area contributed by atoms with Crippen molar-refractivity contribution in [1.29, 1.82) is 0 Å². The van der Waals surface area contributed by atoms with Crippen LogP contribution in [0.5, 0.6) is 0 Å². The highest BCUT2D eigenvalue weighted by Gasteiger charge is 2.20. The van der Waals surface area contributed by atoms with Gasteiger partial charge in [0, 0.05) is 23.3 Å². The van der Waals surface area contributed by atoms with E-state index >= 15 is 0 Å². The first-order valence-corrected chi connectivity index (χ1v) is 9.10. The second-order valence-electron chi connectivity index (χ2n) is 7.73. The molecule has 4 N–H and O–H groups in total. The number of nitrogens with one attached hydrogen (secondary N) is 3. The molecule has 1 atom stereocenters. The second kappa shape index (κ2) is 7.17. The van der Waals surface area contributed by atoms with E-state index in [0.29, 0.717) is 12.2 Å². The quantitative estimate of drug-likeness (QED) is 0.637. The van der Waals surface area contributed by atoms with Gasteiger partial charge in [-0.25, -0.2) is 0 Å². The van der Waals surface area contributed by atoms with E-state index in [1.165, 1.54) is 0 Å². The van der Waals surface area contributed by atoms with Gasteiger partial charge >= 0.3 is 0 Å². The van der Waals surface area contributed by atoms with Crippen molar-refractivity contribution >= 4 is 15.9 Å². The molecule has 0 bridgehead atoms. The Kier molecular flexibility index (Phi) is 6.20. The van der Waals surface area contributed by atoms with Crippen molar-refractivity contribution in [3.05, 3.63) is 29.8 Å². The molecule has 7 heteroatoms. The molecule has 1 rings (SSSR count). The van der Waals surface area contributed by atoms with Crippen molar-refractivity contribution in [2.24, 2.45) is 0 Å². The third-order valence-electron chi connectivity index (χ3n) is 2.81. The molecule has 0 aliphatic rings. The van der Waals surface area contributed by atoms with Crippen molar-refractivity contribution in [3.63, 3.8) is 0 Å². The van der Waals surface area contributed by atoms with Crippen LogP contribution < -0.4 is 14.8 Å². The molecule has 0 radical (unpaired) electrons. The number of hydrogen-bond acceptors (Lipinski definition) is 4. The van der Waals surface area contributed by atoms with Gasteiger partial charge in [-0.15, -0.1) is 0 Å². The van der Waals surface area contributed by atoms with E-state index in [-0.39, 0.29) is 5.54 Å². The lowest BCUT2D eigenvalue weighted by Crippen LogP contribution is -2.43.